The van der Waals surface area contributed by atoms with Crippen LogP contribution in [-0.4, -0.2) is 51.3 Å². The molecule has 0 aromatic heterocycles. The molecule has 0 bridgehead atoms. The van der Waals surface area contributed by atoms with Crippen LogP contribution in [0.25, 0.3) is 0 Å². The highest BCUT2D eigenvalue weighted by Crippen LogP contribution is 2.18. The lowest BCUT2D eigenvalue weighted by atomic mass is 10.1. The summed E-state index contributed by atoms with van der Waals surface area (Å²) >= 11 is 0. The van der Waals surface area contributed by atoms with Gasteiger partial charge in [-0.15, -0.1) is 0 Å². The van der Waals surface area contributed by atoms with E-state index >= 15 is 0 Å². The van der Waals surface area contributed by atoms with Gasteiger partial charge in [-0.25, -0.2) is 0 Å². The van der Waals surface area contributed by atoms with E-state index < -0.39 is 0 Å². The van der Waals surface area contributed by atoms with Crippen molar-refractivity contribution in [3.63, 3.8) is 0 Å². The molecular formula is C23H32N4O2. The maximum Gasteiger partial charge on any atom is 0.191 e. The van der Waals surface area contributed by atoms with Crippen LogP contribution in [0.5, 0.6) is 11.5 Å². The van der Waals surface area contributed by atoms with Crippen molar-refractivity contribution < 1.29 is 9.47 Å². The summed E-state index contributed by atoms with van der Waals surface area (Å²) in [4.78, 5) is 6.79. The van der Waals surface area contributed by atoms with Gasteiger partial charge in [0.2, 0.25) is 0 Å². The van der Waals surface area contributed by atoms with E-state index in [2.05, 4.69) is 44.8 Å². The van der Waals surface area contributed by atoms with E-state index in [0.717, 1.165) is 30.5 Å². The van der Waals surface area contributed by atoms with Gasteiger partial charge in [0.1, 0.15) is 18.1 Å². The van der Waals surface area contributed by atoms with Crippen LogP contribution in [0.3, 0.4) is 0 Å². The van der Waals surface area contributed by atoms with Gasteiger partial charge in [0.05, 0.1) is 13.7 Å². The van der Waals surface area contributed by atoms with Crippen molar-refractivity contribution >= 4 is 5.96 Å². The van der Waals surface area contributed by atoms with Crippen molar-refractivity contribution in [2.45, 2.75) is 25.9 Å². The Hall–Kier alpha value is -2.73. The lowest BCUT2D eigenvalue weighted by molar-refractivity contribution is 0.319. The molecule has 0 atom stereocenters. The number of likely N-dealkylation sites (tertiary alicyclic amines) is 1. The molecule has 0 amide bonds. The van der Waals surface area contributed by atoms with Crippen LogP contribution in [0, 0.1) is 0 Å². The third-order valence-corrected chi connectivity index (χ3v) is 5.02. The minimum absolute atomic E-state index is 0.541. The molecule has 0 spiro atoms. The third-order valence-electron chi connectivity index (χ3n) is 5.02. The summed E-state index contributed by atoms with van der Waals surface area (Å²) in [6.07, 6.45) is 2.66. The Morgan fingerprint density at radius 1 is 1.00 bits per heavy atom. The summed E-state index contributed by atoms with van der Waals surface area (Å²) in [5.74, 6) is 2.35. The zero-order valence-corrected chi connectivity index (χ0v) is 17.5. The molecule has 2 aromatic carbocycles. The Balaban J connectivity index is 1.36. The summed E-state index contributed by atoms with van der Waals surface area (Å²) in [5.41, 5.74) is 2.62. The van der Waals surface area contributed by atoms with Crippen LogP contribution < -0.4 is 20.1 Å². The molecule has 6 heteroatoms. The van der Waals surface area contributed by atoms with Gasteiger partial charge in [-0.1, -0.05) is 30.3 Å². The highest BCUT2D eigenvalue weighted by Gasteiger charge is 2.11. The Morgan fingerprint density at radius 3 is 2.45 bits per heavy atom. The Kier molecular flexibility index (Phi) is 8.19. The molecule has 29 heavy (non-hydrogen) atoms. The molecule has 1 heterocycles. The smallest absolute Gasteiger partial charge is 0.191 e. The molecule has 2 N–H and O–H groups in total. The summed E-state index contributed by atoms with van der Waals surface area (Å²) in [6, 6.07) is 16.5. The Labute approximate surface area is 173 Å². The number of benzene rings is 2. The summed E-state index contributed by atoms with van der Waals surface area (Å²) in [5, 5.41) is 6.62. The van der Waals surface area contributed by atoms with E-state index in [1.54, 1.807) is 14.2 Å². The second-order valence-electron chi connectivity index (χ2n) is 7.18. The van der Waals surface area contributed by atoms with Gasteiger partial charge in [0.25, 0.3) is 0 Å². The van der Waals surface area contributed by atoms with E-state index in [4.69, 9.17) is 9.47 Å². The molecule has 1 aliphatic rings. The highest BCUT2D eigenvalue weighted by atomic mass is 16.5. The van der Waals surface area contributed by atoms with Gasteiger partial charge < -0.3 is 20.1 Å². The quantitative estimate of drug-likeness (QED) is 0.388. The summed E-state index contributed by atoms with van der Waals surface area (Å²) < 4.78 is 10.9. The maximum atomic E-state index is 5.74. The molecular weight excluding hydrogens is 364 g/mol. The van der Waals surface area contributed by atoms with Gasteiger partial charge in [-0.2, -0.15) is 0 Å². The number of nitrogens with zero attached hydrogens (tertiary/aromatic N) is 2. The second-order valence-corrected chi connectivity index (χ2v) is 7.18. The largest absolute Gasteiger partial charge is 0.497 e. The lowest BCUT2D eigenvalue weighted by Crippen LogP contribution is -2.38. The van der Waals surface area contributed by atoms with Crippen LogP contribution >= 0.6 is 0 Å². The van der Waals surface area contributed by atoms with Gasteiger partial charge in [-0.3, -0.25) is 9.89 Å². The van der Waals surface area contributed by atoms with Crippen molar-refractivity contribution in [1.29, 1.82) is 0 Å². The van der Waals surface area contributed by atoms with Crippen LogP contribution in [0.2, 0.25) is 0 Å². The van der Waals surface area contributed by atoms with Gasteiger partial charge in [0, 0.05) is 26.2 Å². The standard InChI is InChI=1S/C23H32N4O2/c1-24-23(25-12-15-29-22-7-5-6-21(16-22)28-2)26-17-19-8-10-20(11-9-19)18-27-13-3-4-14-27/h5-11,16H,3-4,12-15,17-18H2,1-2H3,(H2,24,25,26). The average Bonchev–Trinajstić information content (AvgIpc) is 3.27. The molecule has 0 aliphatic carbocycles. The third kappa shape index (κ3) is 6.98. The lowest BCUT2D eigenvalue weighted by Gasteiger charge is -2.15. The number of hydrogen-bond acceptors (Lipinski definition) is 4. The minimum atomic E-state index is 0.541. The molecule has 1 saturated heterocycles. The summed E-state index contributed by atoms with van der Waals surface area (Å²) in [7, 11) is 3.43. The molecule has 6 nitrogen and oxygen atoms in total. The van der Waals surface area contributed by atoms with Crippen molar-refractivity contribution in [3.8, 4) is 11.5 Å². The number of aliphatic imine (C=N–C) groups is 1. The second kappa shape index (κ2) is 11.3. The first-order valence-electron chi connectivity index (χ1n) is 10.3. The van der Waals surface area contributed by atoms with E-state index in [1.165, 1.54) is 37.1 Å². The first-order chi connectivity index (χ1) is 14.3. The van der Waals surface area contributed by atoms with Crippen molar-refractivity contribution in [1.82, 2.24) is 15.5 Å². The van der Waals surface area contributed by atoms with Crippen LogP contribution in [0.4, 0.5) is 0 Å². The molecule has 2 aromatic rings. The Morgan fingerprint density at radius 2 is 1.72 bits per heavy atom. The molecule has 0 unspecified atom stereocenters. The number of ether oxygens (including phenoxy) is 2. The maximum absolute atomic E-state index is 5.74. The van der Waals surface area contributed by atoms with E-state index in [0.29, 0.717) is 13.2 Å². The topological polar surface area (TPSA) is 58.1 Å². The normalized spacial score (nSPS) is 14.6. The van der Waals surface area contributed by atoms with Gasteiger partial charge in [0.15, 0.2) is 5.96 Å². The van der Waals surface area contributed by atoms with Crippen molar-refractivity contribution in [2.24, 2.45) is 4.99 Å². The molecule has 156 valence electrons. The number of rotatable bonds is 9. The molecule has 3 rings (SSSR count). The van der Waals surface area contributed by atoms with Crippen molar-refractivity contribution in [3.05, 3.63) is 59.7 Å². The number of methoxy groups -OCH3 is 1. The molecule has 1 fully saturated rings. The fraction of sp³-hybridized carbons (Fsp3) is 0.435. The minimum Gasteiger partial charge on any atom is -0.497 e. The average molecular weight is 397 g/mol. The first kappa shape index (κ1) is 21.0. The monoisotopic (exact) mass is 396 g/mol. The fourth-order valence-electron chi connectivity index (χ4n) is 3.40. The molecule has 0 radical (unpaired) electrons. The van der Waals surface area contributed by atoms with Crippen LogP contribution in [0.1, 0.15) is 24.0 Å². The van der Waals surface area contributed by atoms with E-state index in [9.17, 15) is 0 Å². The number of hydrogen-bond donors (Lipinski definition) is 2. The number of guanidine groups is 1. The fourth-order valence-corrected chi connectivity index (χ4v) is 3.40. The molecule has 0 saturated carbocycles. The summed E-state index contributed by atoms with van der Waals surface area (Å²) in [6.45, 7) is 5.45. The highest BCUT2D eigenvalue weighted by molar-refractivity contribution is 5.79. The zero-order chi connectivity index (χ0) is 20.3. The number of nitrogens with one attached hydrogen (secondary N) is 2. The zero-order valence-electron chi connectivity index (χ0n) is 17.5. The predicted octanol–water partition coefficient (Wildman–Crippen LogP) is 3.04. The van der Waals surface area contributed by atoms with Gasteiger partial charge >= 0.3 is 0 Å². The predicted molar refractivity (Wildman–Crippen MR) is 118 cm³/mol. The van der Waals surface area contributed by atoms with Crippen LogP contribution in [-0.2, 0) is 13.1 Å². The van der Waals surface area contributed by atoms with Gasteiger partial charge in [-0.05, 0) is 49.2 Å². The van der Waals surface area contributed by atoms with Crippen molar-refractivity contribution in [2.75, 3.05) is 40.4 Å². The van der Waals surface area contributed by atoms with E-state index in [1.807, 2.05) is 24.3 Å². The first-order valence-corrected chi connectivity index (χ1v) is 10.3. The molecule has 1 aliphatic heterocycles. The SMILES string of the molecule is CN=C(NCCOc1cccc(OC)c1)NCc1ccc(CN2CCCC2)cc1. The van der Waals surface area contributed by atoms with E-state index in [-0.39, 0.29) is 0 Å². The Bertz CT molecular complexity index is 771. The van der Waals surface area contributed by atoms with Crippen LogP contribution in [0.15, 0.2) is 53.5 Å².